The maximum atomic E-state index is 11.3. The van der Waals surface area contributed by atoms with Gasteiger partial charge in [0.15, 0.2) is 0 Å². The molecule has 0 aromatic heterocycles. The van der Waals surface area contributed by atoms with Crippen LogP contribution in [-0.4, -0.2) is 11.1 Å². The van der Waals surface area contributed by atoms with E-state index < -0.39 is 5.97 Å². The third-order valence-electron chi connectivity index (χ3n) is 3.73. The van der Waals surface area contributed by atoms with Crippen molar-refractivity contribution in [3.63, 3.8) is 0 Å². The van der Waals surface area contributed by atoms with Crippen LogP contribution in [0, 0.1) is 6.92 Å². The standard InChI is InChI=1S/C21H18O4/c1-15-6-5-9-19(21(22)23)20(15)25-18-12-10-17(11-13-18)24-14-16-7-3-2-4-8-16/h2-13H,14H2,1H3,(H,22,23). The van der Waals surface area contributed by atoms with Crippen LogP contribution in [0.5, 0.6) is 17.2 Å². The summed E-state index contributed by atoms with van der Waals surface area (Å²) in [5, 5.41) is 9.29. The lowest BCUT2D eigenvalue weighted by Gasteiger charge is -2.12. The second kappa shape index (κ2) is 7.53. The third-order valence-corrected chi connectivity index (χ3v) is 3.73. The Morgan fingerprint density at radius 3 is 2.24 bits per heavy atom. The number of carbonyl (C=O) groups is 1. The number of hydrogen-bond donors (Lipinski definition) is 1. The van der Waals surface area contributed by atoms with Crippen molar-refractivity contribution in [1.82, 2.24) is 0 Å². The Morgan fingerprint density at radius 1 is 0.880 bits per heavy atom. The highest BCUT2D eigenvalue weighted by Crippen LogP contribution is 2.30. The van der Waals surface area contributed by atoms with E-state index in [0.29, 0.717) is 18.1 Å². The Bertz CT molecular complexity index is 855. The minimum absolute atomic E-state index is 0.143. The van der Waals surface area contributed by atoms with E-state index in [1.165, 1.54) is 6.07 Å². The van der Waals surface area contributed by atoms with Gasteiger partial charge in [0.25, 0.3) is 0 Å². The van der Waals surface area contributed by atoms with Crippen LogP contribution in [0.1, 0.15) is 21.5 Å². The molecule has 25 heavy (non-hydrogen) atoms. The molecule has 3 aromatic carbocycles. The number of rotatable bonds is 6. The fraction of sp³-hybridized carbons (Fsp3) is 0.0952. The first-order chi connectivity index (χ1) is 12.1. The van der Waals surface area contributed by atoms with E-state index in [0.717, 1.165) is 16.9 Å². The molecule has 0 aliphatic carbocycles. The normalized spacial score (nSPS) is 10.3. The Morgan fingerprint density at radius 2 is 1.56 bits per heavy atom. The summed E-state index contributed by atoms with van der Waals surface area (Å²) in [7, 11) is 0. The largest absolute Gasteiger partial charge is 0.489 e. The van der Waals surface area contributed by atoms with Crippen molar-refractivity contribution in [2.45, 2.75) is 13.5 Å². The van der Waals surface area contributed by atoms with Crippen LogP contribution in [0.25, 0.3) is 0 Å². The predicted molar refractivity (Wildman–Crippen MR) is 95.4 cm³/mol. The van der Waals surface area contributed by atoms with E-state index in [1.54, 1.807) is 30.3 Å². The SMILES string of the molecule is Cc1cccc(C(=O)O)c1Oc1ccc(OCc2ccccc2)cc1. The average molecular weight is 334 g/mol. The highest BCUT2D eigenvalue weighted by molar-refractivity contribution is 5.91. The first-order valence-corrected chi connectivity index (χ1v) is 7.91. The molecule has 0 heterocycles. The summed E-state index contributed by atoms with van der Waals surface area (Å²) in [6.07, 6.45) is 0. The number of aryl methyl sites for hydroxylation is 1. The molecule has 0 saturated heterocycles. The molecule has 0 unspecified atom stereocenters. The van der Waals surface area contributed by atoms with Crippen LogP contribution in [0.4, 0.5) is 0 Å². The van der Waals surface area contributed by atoms with E-state index in [1.807, 2.05) is 43.3 Å². The minimum atomic E-state index is -1.01. The highest BCUT2D eigenvalue weighted by Gasteiger charge is 2.14. The van der Waals surface area contributed by atoms with Crippen LogP contribution < -0.4 is 9.47 Å². The lowest BCUT2D eigenvalue weighted by atomic mass is 10.1. The monoisotopic (exact) mass is 334 g/mol. The summed E-state index contributed by atoms with van der Waals surface area (Å²) >= 11 is 0. The predicted octanol–water partition coefficient (Wildman–Crippen LogP) is 5.06. The minimum Gasteiger partial charge on any atom is -0.489 e. The zero-order valence-electron chi connectivity index (χ0n) is 13.8. The van der Waals surface area contributed by atoms with Gasteiger partial charge in [0.2, 0.25) is 0 Å². The average Bonchev–Trinajstić information content (AvgIpc) is 2.63. The number of carboxylic acids is 1. The van der Waals surface area contributed by atoms with Gasteiger partial charge in [0, 0.05) is 0 Å². The van der Waals surface area contributed by atoms with E-state index >= 15 is 0 Å². The van der Waals surface area contributed by atoms with Crippen molar-refractivity contribution in [3.8, 4) is 17.2 Å². The van der Waals surface area contributed by atoms with E-state index in [9.17, 15) is 9.90 Å². The molecule has 0 spiro atoms. The van der Waals surface area contributed by atoms with Gasteiger partial charge in [-0.2, -0.15) is 0 Å². The fourth-order valence-corrected chi connectivity index (χ4v) is 2.42. The van der Waals surface area contributed by atoms with Gasteiger partial charge in [-0.1, -0.05) is 42.5 Å². The first kappa shape index (κ1) is 16.6. The van der Waals surface area contributed by atoms with Crippen LogP contribution in [-0.2, 0) is 6.61 Å². The molecule has 4 heteroatoms. The fourth-order valence-electron chi connectivity index (χ4n) is 2.42. The maximum absolute atomic E-state index is 11.3. The number of carboxylic acid groups (broad SMARTS) is 1. The Labute approximate surface area is 146 Å². The Hall–Kier alpha value is -3.27. The van der Waals surface area contributed by atoms with Gasteiger partial charge in [0.05, 0.1) is 0 Å². The van der Waals surface area contributed by atoms with Gasteiger partial charge in [-0.25, -0.2) is 4.79 Å². The van der Waals surface area contributed by atoms with Gasteiger partial charge in [0.1, 0.15) is 29.4 Å². The van der Waals surface area contributed by atoms with E-state index in [4.69, 9.17) is 9.47 Å². The van der Waals surface area contributed by atoms with Crippen molar-refractivity contribution >= 4 is 5.97 Å². The molecule has 3 rings (SSSR count). The highest BCUT2D eigenvalue weighted by atomic mass is 16.5. The number of aromatic carboxylic acids is 1. The van der Waals surface area contributed by atoms with Crippen LogP contribution >= 0.6 is 0 Å². The summed E-state index contributed by atoms with van der Waals surface area (Å²) < 4.78 is 11.5. The summed E-state index contributed by atoms with van der Waals surface area (Å²) in [5.41, 5.74) is 2.00. The van der Waals surface area contributed by atoms with Gasteiger partial charge >= 0.3 is 5.97 Å². The molecule has 0 aliphatic heterocycles. The molecule has 3 aromatic rings. The summed E-state index contributed by atoms with van der Waals surface area (Å²) in [6.45, 7) is 2.31. The second-order valence-electron chi connectivity index (χ2n) is 5.60. The van der Waals surface area contributed by atoms with Crippen molar-refractivity contribution in [2.75, 3.05) is 0 Å². The molecule has 0 atom stereocenters. The van der Waals surface area contributed by atoms with Crippen LogP contribution in [0.15, 0.2) is 72.8 Å². The van der Waals surface area contributed by atoms with Gasteiger partial charge in [-0.3, -0.25) is 0 Å². The van der Waals surface area contributed by atoms with Crippen LogP contribution in [0.3, 0.4) is 0 Å². The molecular formula is C21H18O4. The van der Waals surface area contributed by atoms with Crippen LogP contribution in [0.2, 0.25) is 0 Å². The third kappa shape index (κ3) is 4.18. The molecule has 0 aliphatic rings. The molecular weight excluding hydrogens is 316 g/mol. The lowest BCUT2D eigenvalue weighted by Crippen LogP contribution is -2.01. The summed E-state index contributed by atoms with van der Waals surface area (Å²) in [6, 6.07) is 22.1. The zero-order chi connectivity index (χ0) is 17.6. The molecule has 126 valence electrons. The number of para-hydroxylation sites is 1. The summed E-state index contributed by atoms with van der Waals surface area (Å²) in [5.74, 6) is 0.623. The smallest absolute Gasteiger partial charge is 0.339 e. The van der Waals surface area contributed by atoms with Gasteiger partial charge in [-0.05, 0) is 48.4 Å². The van der Waals surface area contributed by atoms with Gasteiger partial charge < -0.3 is 14.6 Å². The summed E-state index contributed by atoms with van der Waals surface area (Å²) in [4.78, 5) is 11.3. The molecule has 4 nitrogen and oxygen atoms in total. The van der Waals surface area contributed by atoms with E-state index in [2.05, 4.69) is 0 Å². The molecule has 0 radical (unpaired) electrons. The van der Waals surface area contributed by atoms with Crippen molar-refractivity contribution in [1.29, 1.82) is 0 Å². The van der Waals surface area contributed by atoms with Crippen molar-refractivity contribution in [3.05, 3.63) is 89.5 Å². The van der Waals surface area contributed by atoms with Crippen molar-refractivity contribution in [2.24, 2.45) is 0 Å². The molecule has 0 fully saturated rings. The zero-order valence-corrected chi connectivity index (χ0v) is 13.8. The maximum Gasteiger partial charge on any atom is 0.339 e. The molecule has 0 bridgehead atoms. The molecule has 0 saturated carbocycles. The lowest BCUT2D eigenvalue weighted by molar-refractivity contribution is 0.0694. The van der Waals surface area contributed by atoms with Crippen molar-refractivity contribution < 1.29 is 19.4 Å². The topological polar surface area (TPSA) is 55.8 Å². The Balaban J connectivity index is 1.70. The number of benzene rings is 3. The van der Waals surface area contributed by atoms with Gasteiger partial charge in [-0.15, -0.1) is 0 Å². The quantitative estimate of drug-likeness (QED) is 0.684. The second-order valence-corrected chi connectivity index (χ2v) is 5.60. The molecule has 1 N–H and O–H groups in total. The number of hydrogen-bond acceptors (Lipinski definition) is 3. The number of ether oxygens (including phenoxy) is 2. The first-order valence-electron chi connectivity index (χ1n) is 7.91. The Kier molecular flexibility index (Phi) is 5.00. The molecule has 0 amide bonds. The van der Waals surface area contributed by atoms with E-state index in [-0.39, 0.29) is 5.56 Å².